The largest absolute Gasteiger partial charge is 0.489 e. The minimum Gasteiger partial charge on any atom is -0.489 e. The van der Waals surface area contributed by atoms with E-state index in [9.17, 15) is 12.8 Å². The van der Waals surface area contributed by atoms with Crippen molar-refractivity contribution in [3.8, 4) is 5.75 Å². The van der Waals surface area contributed by atoms with Crippen LogP contribution in [-0.4, -0.2) is 8.42 Å². The van der Waals surface area contributed by atoms with Crippen molar-refractivity contribution in [3.05, 3.63) is 58.4 Å². The summed E-state index contributed by atoms with van der Waals surface area (Å²) in [6.45, 7) is 1.77. The molecule has 0 heterocycles. The number of benzene rings is 2. The van der Waals surface area contributed by atoms with Gasteiger partial charge in [0.1, 0.15) is 18.2 Å². The Bertz CT molecular complexity index is 778. The van der Waals surface area contributed by atoms with E-state index >= 15 is 0 Å². The van der Waals surface area contributed by atoms with Crippen LogP contribution < -0.4 is 9.88 Å². The van der Waals surface area contributed by atoms with Crippen LogP contribution in [0, 0.1) is 12.7 Å². The zero-order valence-corrected chi connectivity index (χ0v) is 12.7. The molecule has 0 aliphatic heterocycles. The molecule has 0 atom stereocenters. The summed E-state index contributed by atoms with van der Waals surface area (Å²) in [7, 11) is -3.75. The van der Waals surface area contributed by atoms with Gasteiger partial charge in [-0.2, -0.15) is 0 Å². The molecule has 2 aromatic carbocycles. The fourth-order valence-corrected chi connectivity index (χ4v) is 2.56. The summed E-state index contributed by atoms with van der Waals surface area (Å²) in [6.07, 6.45) is 0. The third-order valence-electron chi connectivity index (χ3n) is 2.89. The quantitative estimate of drug-likeness (QED) is 0.937. The molecule has 0 aliphatic rings. The summed E-state index contributed by atoms with van der Waals surface area (Å²) >= 11 is 5.83. The predicted molar refractivity (Wildman–Crippen MR) is 78.3 cm³/mol. The minimum absolute atomic E-state index is 0.0103. The Labute approximate surface area is 127 Å². The van der Waals surface area contributed by atoms with E-state index in [1.807, 2.05) is 0 Å². The highest BCUT2D eigenvalue weighted by Gasteiger charge is 2.11. The average Bonchev–Trinajstić information content (AvgIpc) is 2.40. The SMILES string of the molecule is Cc1cc(S(N)(=O)=O)ccc1OCc1cccc(F)c1Cl. The number of rotatable bonds is 4. The summed E-state index contributed by atoms with van der Waals surface area (Å²) in [5, 5.41) is 5.06. The van der Waals surface area contributed by atoms with Crippen LogP contribution in [0.3, 0.4) is 0 Å². The van der Waals surface area contributed by atoms with Crippen LogP contribution in [0.2, 0.25) is 5.02 Å². The molecule has 7 heteroatoms. The molecule has 2 N–H and O–H groups in total. The lowest BCUT2D eigenvalue weighted by Crippen LogP contribution is -2.12. The molecule has 0 radical (unpaired) electrons. The summed E-state index contributed by atoms with van der Waals surface area (Å²) in [5.41, 5.74) is 1.11. The van der Waals surface area contributed by atoms with E-state index in [1.165, 1.54) is 30.3 Å². The Morgan fingerprint density at radius 1 is 1.29 bits per heavy atom. The first-order valence-corrected chi connectivity index (χ1v) is 7.90. The van der Waals surface area contributed by atoms with Crippen molar-refractivity contribution >= 4 is 21.6 Å². The first-order valence-electron chi connectivity index (χ1n) is 5.98. The molecule has 0 aliphatic carbocycles. The first-order chi connectivity index (χ1) is 9.79. The van der Waals surface area contributed by atoms with Gasteiger partial charge in [-0.25, -0.2) is 17.9 Å². The van der Waals surface area contributed by atoms with Gasteiger partial charge in [0, 0.05) is 5.56 Å². The van der Waals surface area contributed by atoms with Crippen molar-refractivity contribution in [3.63, 3.8) is 0 Å². The van der Waals surface area contributed by atoms with Gasteiger partial charge >= 0.3 is 0 Å². The van der Waals surface area contributed by atoms with Gasteiger partial charge in [0.15, 0.2) is 0 Å². The van der Waals surface area contributed by atoms with Crippen molar-refractivity contribution in [2.45, 2.75) is 18.4 Å². The van der Waals surface area contributed by atoms with Crippen molar-refractivity contribution in [2.24, 2.45) is 5.14 Å². The summed E-state index contributed by atoms with van der Waals surface area (Å²) in [6, 6.07) is 8.72. The Hall–Kier alpha value is -1.63. The van der Waals surface area contributed by atoms with Crippen LogP contribution >= 0.6 is 11.6 Å². The highest BCUT2D eigenvalue weighted by molar-refractivity contribution is 7.89. The number of aryl methyl sites for hydroxylation is 1. The number of primary sulfonamides is 1. The van der Waals surface area contributed by atoms with Gasteiger partial charge < -0.3 is 4.74 Å². The van der Waals surface area contributed by atoms with E-state index in [4.69, 9.17) is 21.5 Å². The third-order valence-corrected chi connectivity index (χ3v) is 4.22. The second kappa shape index (κ2) is 6.01. The molecule has 4 nitrogen and oxygen atoms in total. The molecule has 21 heavy (non-hydrogen) atoms. The van der Waals surface area contributed by atoms with Gasteiger partial charge in [0.25, 0.3) is 0 Å². The Morgan fingerprint density at radius 3 is 2.62 bits per heavy atom. The lowest BCUT2D eigenvalue weighted by Gasteiger charge is -2.11. The number of sulfonamides is 1. The topological polar surface area (TPSA) is 69.4 Å². The molecule has 2 rings (SSSR count). The van der Waals surface area contributed by atoms with Crippen LogP contribution in [-0.2, 0) is 16.6 Å². The second-order valence-electron chi connectivity index (χ2n) is 4.47. The van der Waals surface area contributed by atoms with Crippen LogP contribution in [0.4, 0.5) is 4.39 Å². The third kappa shape index (κ3) is 3.72. The molecule has 0 amide bonds. The van der Waals surface area contributed by atoms with E-state index in [-0.39, 0.29) is 16.5 Å². The zero-order valence-electron chi connectivity index (χ0n) is 11.1. The highest BCUT2D eigenvalue weighted by Crippen LogP contribution is 2.25. The minimum atomic E-state index is -3.75. The Morgan fingerprint density at radius 2 is 2.00 bits per heavy atom. The second-order valence-corrected chi connectivity index (χ2v) is 6.41. The van der Waals surface area contributed by atoms with Gasteiger partial charge in [-0.15, -0.1) is 0 Å². The van der Waals surface area contributed by atoms with Crippen molar-refractivity contribution in [1.82, 2.24) is 0 Å². The van der Waals surface area contributed by atoms with Gasteiger partial charge in [-0.3, -0.25) is 0 Å². The molecule has 0 aromatic heterocycles. The number of nitrogens with two attached hydrogens (primary N) is 1. The van der Waals surface area contributed by atoms with E-state index in [0.29, 0.717) is 16.9 Å². The maximum absolute atomic E-state index is 13.3. The van der Waals surface area contributed by atoms with Gasteiger partial charge in [-0.1, -0.05) is 23.7 Å². The molecule has 0 spiro atoms. The summed E-state index contributed by atoms with van der Waals surface area (Å²) in [5.74, 6) is -0.0400. The average molecular weight is 330 g/mol. The van der Waals surface area contributed by atoms with Crippen molar-refractivity contribution < 1.29 is 17.5 Å². The molecule has 0 bridgehead atoms. The summed E-state index contributed by atoms with van der Waals surface area (Å²) < 4.78 is 41.3. The number of ether oxygens (including phenoxy) is 1. The fourth-order valence-electron chi connectivity index (χ4n) is 1.78. The zero-order chi connectivity index (χ0) is 15.6. The van der Waals surface area contributed by atoms with Crippen LogP contribution in [0.1, 0.15) is 11.1 Å². The number of halogens is 2. The molecule has 0 fully saturated rings. The molecule has 112 valence electrons. The molecule has 0 unspecified atom stereocenters. The normalized spacial score (nSPS) is 11.4. The van der Waals surface area contributed by atoms with Gasteiger partial charge in [0.2, 0.25) is 10.0 Å². The number of hydrogen-bond acceptors (Lipinski definition) is 3. The molecular weight excluding hydrogens is 317 g/mol. The fraction of sp³-hybridized carbons (Fsp3) is 0.143. The van der Waals surface area contributed by atoms with Crippen LogP contribution in [0.25, 0.3) is 0 Å². The van der Waals surface area contributed by atoms with Gasteiger partial charge in [-0.05, 0) is 36.8 Å². The lowest BCUT2D eigenvalue weighted by molar-refractivity contribution is 0.303. The smallest absolute Gasteiger partial charge is 0.238 e. The molecular formula is C14H13ClFNO3S. The van der Waals surface area contributed by atoms with E-state index in [0.717, 1.165) is 0 Å². The van der Waals surface area contributed by atoms with E-state index in [2.05, 4.69) is 0 Å². The monoisotopic (exact) mass is 329 g/mol. The van der Waals surface area contributed by atoms with Crippen LogP contribution in [0.15, 0.2) is 41.3 Å². The lowest BCUT2D eigenvalue weighted by atomic mass is 10.2. The van der Waals surface area contributed by atoms with E-state index in [1.54, 1.807) is 13.0 Å². The molecule has 0 saturated heterocycles. The highest BCUT2D eigenvalue weighted by atomic mass is 35.5. The van der Waals surface area contributed by atoms with Gasteiger partial charge in [0.05, 0.1) is 9.92 Å². The molecule has 2 aromatic rings. The first kappa shape index (κ1) is 15.8. The van der Waals surface area contributed by atoms with Crippen molar-refractivity contribution in [2.75, 3.05) is 0 Å². The Kier molecular flexibility index (Phi) is 4.51. The Balaban J connectivity index is 2.19. The maximum atomic E-state index is 13.3. The maximum Gasteiger partial charge on any atom is 0.238 e. The van der Waals surface area contributed by atoms with Crippen LogP contribution in [0.5, 0.6) is 5.75 Å². The van der Waals surface area contributed by atoms with E-state index < -0.39 is 15.8 Å². The number of hydrogen-bond donors (Lipinski definition) is 1. The standard InChI is InChI=1S/C14H13ClFNO3S/c1-9-7-11(21(17,18)19)5-6-13(9)20-8-10-3-2-4-12(16)14(10)15/h2-7H,8H2,1H3,(H2,17,18,19). The summed E-state index contributed by atoms with van der Waals surface area (Å²) in [4.78, 5) is 0.0103. The molecule has 0 saturated carbocycles. The van der Waals surface area contributed by atoms with Crippen molar-refractivity contribution in [1.29, 1.82) is 0 Å². The predicted octanol–water partition coefficient (Wildman–Crippen LogP) is 3.01.